The molecule has 2 aromatic rings. The molecule has 184 valence electrons. The normalized spacial score (nSPS) is 18.9. The quantitative estimate of drug-likeness (QED) is 0.265. The van der Waals surface area contributed by atoms with Crippen molar-refractivity contribution >= 4 is 34.0 Å². The summed E-state index contributed by atoms with van der Waals surface area (Å²) in [6, 6.07) is 12.0. The fourth-order valence-corrected chi connectivity index (χ4v) is 13.9. The number of ether oxygens (including phenoxy) is 4. The molecule has 0 saturated heterocycles. The third-order valence-corrected chi connectivity index (χ3v) is 20.3. The van der Waals surface area contributed by atoms with E-state index in [2.05, 4.69) is 48.6 Å². The monoisotopic (exact) mass is 620 g/mol. The Balaban J connectivity index is 1.44. The molecule has 2 unspecified atom stereocenters. The second-order valence-electron chi connectivity index (χ2n) is 8.66. The summed E-state index contributed by atoms with van der Waals surface area (Å²) in [5.41, 5.74) is 4.76. The van der Waals surface area contributed by atoms with Gasteiger partial charge < -0.3 is 0 Å². The molecule has 7 heteroatoms. The molecule has 0 N–H and O–H groups in total. The first-order valence-electron chi connectivity index (χ1n) is 11.4. The van der Waals surface area contributed by atoms with Crippen molar-refractivity contribution in [2.45, 2.75) is 20.7 Å². The Morgan fingerprint density at radius 3 is 1.40 bits per heavy atom. The van der Waals surface area contributed by atoms with E-state index in [1.807, 2.05) is 24.3 Å². The van der Waals surface area contributed by atoms with E-state index in [1.54, 1.807) is 28.4 Å². The van der Waals surface area contributed by atoms with E-state index >= 15 is 0 Å². The summed E-state index contributed by atoms with van der Waals surface area (Å²) in [6.45, 7) is 0. The first-order valence-corrected chi connectivity index (χ1v) is 22.0. The SMILES string of the molecule is COc1ccc(CC2=C[CH]([Sn]([Cl])([Cl])[CH]3C=CC(Cc4ccc(OC)c(OC)c4)=C3)C=C2)cc1OC. The molecule has 4 rings (SSSR count). The topological polar surface area (TPSA) is 36.9 Å². The van der Waals surface area contributed by atoms with E-state index in [4.69, 9.17) is 36.8 Å². The summed E-state index contributed by atoms with van der Waals surface area (Å²) >= 11 is -3.57. The maximum absolute atomic E-state index is 7.17. The van der Waals surface area contributed by atoms with Crippen LogP contribution in [0, 0.1) is 0 Å². The van der Waals surface area contributed by atoms with Crippen molar-refractivity contribution in [3.8, 4) is 23.0 Å². The second-order valence-corrected chi connectivity index (χ2v) is 26.0. The van der Waals surface area contributed by atoms with Crippen LogP contribution in [0.3, 0.4) is 0 Å². The summed E-state index contributed by atoms with van der Waals surface area (Å²) in [5.74, 6) is 2.92. The molecule has 0 aliphatic heterocycles. The molecule has 4 nitrogen and oxygen atoms in total. The molecule has 2 atom stereocenters. The summed E-state index contributed by atoms with van der Waals surface area (Å²) in [5, 5.41) is 0. The zero-order valence-electron chi connectivity index (χ0n) is 20.4. The van der Waals surface area contributed by atoms with Crippen LogP contribution >= 0.6 is 17.8 Å². The maximum atomic E-state index is 7.17. The number of benzene rings is 2. The van der Waals surface area contributed by atoms with Gasteiger partial charge in [-0.05, 0) is 0 Å². The number of hydrogen-bond acceptors (Lipinski definition) is 4. The van der Waals surface area contributed by atoms with E-state index in [-0.39, 0.29) is 7.87 Å². The Hall–Kier alpha value is -2.02. The molecule has 2 aliphatic carbocycles. The molecule has 0 aromatic heterocycles. The summed E-state index contributed by atoms with van der Waals surface area (Å²) in [6.07, 6.45) is 14.8. The van der Waals surface area contributed by atoms with Crippen LogP contribution in [0.15, 0.2) is 84.0 Å². The number of allylic oxidation sites excluding steroid dienone is 8. The Morgan fingerprint density at radius 1 is 0.629 bits per heavy atom. The van der Waals surface area contributed by atoms with Crippen molar-refractivity contribution < 1.29 is 18.9 Å². The van der Waals surface area contributed by atoms with Gasteiger partial charge in [-0.2, -0.15) is 0 Å². The van der Waals surface area contributed by atoms with Crippen LogP contribution in [0.1, 0.15) is 11.1 Å². The summed E-state index contributed by atoms with van der Waals surface area (Å²) in [7, 11) is 20.9. The Labute approximate surface area is 219 Å². The van der Waals surface area contributed by atoms with Gasteiger partial charge in [-0.3, -0.25) is 0 Å². The Bertz CT molecular complexity index is 1110. The Morgan fingerprint density at radius 2 is 1.03 bits per heavy atom. The third kappa shape index (κ3) is 5.87. The van der Waals surface area contributed by atoms with Crippen molar-refractivity contribution in [3.63, 3.8) is 0 Å². The zero-order chi connectivity index (χ0) is 25.0. The van der Waals surface area contributed by atoms with E-state index in [1.165, 1.54) is 11.1 Å². The number of methoxy groups -OCH3 is 4. The fraction of sp³-hybridized carbons (Fsp3) is 0.286. The molecule has 0 radical (unpaired) electrons. The molecule has 35 heavy (non-hydrogen) atoms. The average molecular weight is 620 g/mol. The van der Waals surface area contributed by atoms with Crippen molar-refractivity contribution in [2.75, 3.05) is 28.4 Å². The van der Waals surface area contributed by atoms with Gasteiger partial charge in [-0.15, -0.1) is 0 Å². The van der Waals surface area contributed by atoms with Crippen molar-refractivity contribution in [1.82, 2.24) is 0 Å². The fourth-order valence-electron chi connectivity index (χ4n) is 4.53. The van der Waals surface area contributed by atoms with Crippen LogP contribution in [0.2, 0.25) is 7.87 Å². The van der Waals surface area contributed by atoms with Crippen molar-refractivity contribution in [1.29, 1.82) is 0 Å². The molecule has 2 aromatic carbocycles. The first kappa shape index (κ1) is 26.1. The summed E-state index contributed by atoms with van der Waals surface area (Å²) < 4.78 is 21.8. The molecular formula is C28H30Cl2O4Sn. The van der Waals surface area contributed by atoms with E-state index in [0.29, 0.717) is 0 Å². The minimum atomic E-state index is -3.57. The first-order chi connectivity index (χ1) is 16.9. The standard InChI is InChI=1S/2C14H15O2.2ClH.Sn/c2*1-15-13-8-7-12(10-14(13)16-2)9-11-5-3-4-6-11;;;/h2*3-8,10H,9H2,1-2H3;2*1H;/q;;;;+2/p-2. The minimum absolute atomic E-state index is 0.120. The van der Waals surface area contributed by atoms with Crippen molar-refractivity contribution in [3.05, 3.63) is 95.1 Å². The van der Waals surface area contributed by atoms with E-state index in [9.17, 15) is 0 Å². The third-order valence-electron chi connectivity index (χ3n) is 6.42. The van der Waals surface area contributed by atoms with Gasteiger partial charge in [0.1, 0.15) is 0 Å². The van der Waals surface area contributed by atoms with Crippen LogP contribution in [0.25, 0.3) is 0 Å². The van der Waals surface area contributed by atoms with Gasteiger partial charge in [-0.25, -0.2) is 0 Å². The molecule has 0 saturated carbocycles. The summed E-state index contributed by atoms with van der Waals surface area (Å²) in [4.78, 5) is 0. The van der Waals surface area contributed by atoms with Crippen LogP contribution in [-0.4, -0.2) is 44.6 Å². The average Bonchev–Trinajstić information content (AvgIpc) is 3.54. The molecule has 2 aliphatic rings. The molecular weight excluding hydrogens is 590 g/mol. The van der Waals surface area contributed by atoms with Gasteiger partial charge in [-0.1, -0.05) is 0 Å². The molecule has 0 heterocycles. The zero-order valence-corrected chi connectivity index (χ0v) is 24.8. The van der Waals surface area contributed by atoms with Gasteiger partial charge in [0.15, 0.2) is 0 Å². The van der Waals surface area contributed by atoms with Crippen LogP contribution < -0.4 is 18.9 Å². The Kier molecular flexibility index (Phi) is 8.46. The van der Waals surface area contributed by atoms with Crippen molar-refractivity contribution in [2.24, 2.45) is 0 Å². The van der Waals surface area contributed by atoms with Gasteiger partial charge in [0, 0.05) is 0 Å². The molecule has 0 amide bonds. The van der Waals surface area contributed by atoms with Gasteiger partial charge in [0.25, 0.3) is 0 Å². The van der Waals surface area contributed by atoms with Gasteiger partial charge in [0.2, 0.25) is 0 Å². The number of halogens is 2. The predicted molar refractivity (Wildman–Crippen MR) is 146 cm³/mol. The van der Waals surface area contributed by atoms with Crippen LogP contribution in [-0.2, 0) is 12.8 Å². The molecule has 0 bridgehead atoms. The predicted octanol–water partition coefficient (Wildman–Crippen LogP) is 7.16. The molecule has 0 fully saturated rings. The number of rotatable bonds is 10. The van der Waals surface area contributed by atoms with Gasteiger partial charge in [0.05, 0.1) is 0 Å². The second kappa shape index (κ2) is 11.4. The molecule has 0 spiro atoms. The van der Waals surface area contributed by atoms with Gasteiger partial charge >= 0.3 is 220 Å². The van der Waals surface area contributed by atoms with E-state index in [0.717, 1.165) is 47.0 Å². The van der Waals surface area contributed by atoms with E-state index < -0.39 is 16.1 Å². The van der Waals surface area contributed by atoms with Crippen LogP contribution in [0.4, 0.5) is 0 Å². The van der Waals surface area contributed by atoms with Crippen LogP contribution in [0.5, 0.6) is 23.0 Å². The number of hydrogen-bond donors (Lipinski definition) is 0.